The van der Waals surface area contributed by atoms with Crippen LogP contribution in [0.5, 0.6) is 0 Å². The van der Waals surface area contributed by atoms with Gasteiger partial charge in [-0.1, -0.05) is 0 Å². The van der Waals surface area contributed by atoms with Gasteiger partial charge >= 0.3 is 201 Å². The van der Waals surface area contributed by atoms with Crippen LogP contribution in [0.3, 0.4) is 0 Å². The van der Waals surface area contributed by atoms with E-state index in [1.54, 1.807) is 10.8 Å². The quantitative estimate of drug-likeness (QED) is 0.292. The molecule has 0 fully saturated rings. The number of halogens is 3. The molecule has 0 atom stereocenters. The zero-order valence-electron chi connectivity index (χ0n) is 20.5. The van der Waals surface area contributed by atoms with Gasteiger partial charge in [-0.3, -0.25) is 0 Å². The fourth-order valence-electron chi connectivity index (χ4n) is 5.13. The van der Waals surface area contributed by atoms with Gasteiger partial charge in [0.25, 0.3) is 0 Å². The summed E-state index contributed by atoms with van der Waals surface area (Å²) in [6, 6.07) is 25.4. The Kier molecular flexibility index (Phi) is 11.6. The van der Waals surface area contributed by atoms with Gasteiger partial charge in [0.2, 0.25) is 0 Å². The molecule has 0 saturated carbocycles. The zero-order valence-corrected chi connectivity index (χ0v) is 25.3. The topological polar surface area (TPSA) is 0 Å². The molecule has 0 unspecified atom stereocenters. The van der Waals surface area contributed by atoms with E-state index in [4.69, 9.17) is 0 Å². The number of hydrogen-bond acceptors (Lipinski definition) is 0. The minimum Gasteiger partial charge on any atom is -1.00 e. The fourth-order valence-corrected chi connectivity index (χ4v) is 10.2. The maximum absolute atomic E-state index is 2.57. The maximum atomic E-state index is 2.57. The van der Waals surface area contributed by atoms with Gasteiger partial charge in [-0.25, -0.2) is 0 Å². The minimum atomic E-state index is -2.15. The SMILES string of the molecule is Cc1cc(C)cc([Si](C)(C2=CC[C]([Ti+3])=C2Cc2ccccc2)c2cc(C)cc(C)c2)c1.[Cl-].[Cl-].[Cl-]. The van der Waals surface area contributed by atoms with Crippen LogP contribution >= 0.6 is 0 Å². The normalized spacial score (nSPS) is 13.0. The number of aryl methyl sites for hydroxylation is 4. The van der Waals surface area contributed by atoms with Gasteiger partial charge in [-0.15, -0.1) is 0 Å². The van der Waals surface area contributed by atoms with E-state index in [9.17, 15) is 0 Å². The molecule has 0 radical (unpaired) electrons. The Morgan fingerprint density at radius 3 is 1.59 bits per heavy atom. The second-order valence-corrected chi connectivity index (χ2v) is 14.2. The number of hydrogen-bond donors (Lipinski definition) is 0. The number of allylic oxidation sites excluding steroid dienone is 4. The van der Waals surface area contributed by atoms with Crippen LogP contribution in [0.2, 0.25) is 6.55 Å². The van der Waals surface area contributed by atoms with Crippen molar-refractivity contribution in [2.24, 2.45) is 0 Å². The summed E-state index contributed by atoms with van der Waals surface area (Å²) in [7, 11) is -2.15. The van der Waals surface area contributed by atoms with Crippen molar-refractivity contribution in [1.82, 2.24) is 0 Å². The average molecular weight is 562 g/mol. The van der Waals surface area contributed by atoms with E-state index >= 15 is 0 Å². The van der Waals surface area contributed by atoms with Crippen LogP contribution in [0.25, 0.3) is 0 Å². The third kappa shape index (κ3) is 6.38. The third-order valence-electron chi connectivity index (χ3n) is 6.56. The van der Waals surface area contributed by atoms with Crippen molar-refractivity contribution in [1.29, 1.82) is 0 Å². The van der Waals surface area contributed by atoms with Gasteiger partial charge < -0.3 is 37.2 Å². The van der Waals surface area contributed by atoms with Crippen molar-refractivity contribution in [3.05, 3.63) is 115 Å². The predicted octanol–water partition coefficient (Wildman–Crippen LogP) is -2.96. The molecular formula is C29H31Cl3SiTi. The fraction of sp³-hybridized carbons (Fsp3) is 0.241. The predicted molar refractivity (Wildman–Crippen MR) is 133 cm³/mol. The van der Waals surface area contributed by atoms with Gasteiger partial charge in [-0.05, 0) is 0 Å². The molecule has 0 saturated heterocycles. The second-order valence-electron chi connectivity index (χ2n) is 9.32. The molecule has 0 amide bonds. The molecule has 1 aliphatic rings. The summed E-state index contributed by atoms with van der Waals surface area (Å²) < 4.78 is 1.53. The summed E-state index contributed by atoms with van der Waals surface area (Å²) in [5.41, 5.74) is 8.42. The molecule has 5 heteroatoms. The number of rotatable bonds is 5. The molecule has 0 bridgehead atoms. The van der Waals surface area contributed by atoms with Crippen LogP contribution < -0.4 is 47.6 Å². The van der Waals surface area contributed by atoms with Crippen LogP contribution in [-0.4, -0.2) is 8.07 Å². The molecule has 3 aromatic rings. The van der Waals surface area contributed by atoms with E-state index < -0.39 is 8.07 Å². The Bertz CT molecular complexity index is 1110. The van der Waals surface area contributed by atoms with Gasteiger partial charge in [0.15, 0.2) is 0 Å². The summed E-state index contributed by atoms with van der Waals surface area (Å²) in [6.07, 6.45) is 4.65. The summed E-state index contributed by atoms with van der Waals surface area (Å²) in [6.45, 7) is 11.5. The third-order valence-corrected chi connectivity index (χ3v) is 11.8. The van der Waals surface area contributed by atoms with Crippen molar-refractivity contribution in [2.45, 2.75) is 47.1 Å². The smallest absolute Gasteiger partial charge is 1.00 e. The van der Waals surface area contributed by atoms with E-state index in [0.29, 0.717) is 0 Å². The van der Waals surface area contributed by atoms with Crippen molar-refractivity contribution < 1.29 is 57.7 Å². The van der Waals surface area contributed by atoms with Gasteiger partial charge in [-0.2, -0.15) is 0 Å². The zero-order chi connectivity index (χ0) is 22.2. The molecule has 0 nitrogen and oxygen atoms in total. The van der Waals surface area contributed by atoms with Crippen LogP contribution in [0.1, 0.15) is 34.2 Å². The standard InChI is InChI=1S/C29H31Si.3ClH.Ti/c1-21-14-22(2)17-27(16-21)30(5,28-18-23(3)15-24(4)19-28)29-13-9-12-26(29)20-25-10-7-6-8-11-25;;;;/h6-8,10-11,13-19H,9,20H2,1-5H3;3*1H;/q;;;;+3/p-3. The molecule has 176 valence electrons. The van der Waals surface area contributed by atoms with Crippen molar-refractivity contribution in [3.8, 4) is 0 Å². The van der Waals surface area contributed by atoms with Gasteiger partial charge in [0.05, 0.1) is 0 Å². The van der Waals surface area contributed by atoms with E-state index in [2.05, 4.69) is 127 Å². The Morgan fingerprint density at radius 2 is 1.15 bits per heavy atom. The largest absolute Gasteiger partial charge is 1.00 e. The second kappa shape index (κ2) is 12.8. The molecule has 4 rings (SSSR count). The Morgan fingerprint density at radius 1 is 0.706 bits per heavy atom. The first kappa shape index (κ1) is 31.0. The maximum Gasteiger partial charge on any atom is -1.00 e. The Balaban J connectivity index is 0.00000193. The van der Waals surface area contributed by atoms with Crippen LogP contribution in [0, 0.1) is 27.7 Å². The average Bonchev–Trinajstić information content (AvgIpc) is 3.07. The first-order chi connectivity index (χ1) is 14.8. The van der Waals surface area contributed by atoms with Gasteiger partial charge in [0, 0.05) is 0 Å². The van der Waals surface area contributed by atoms with Crippen LogP contribution in [-0.2, 0) is 26.9 Å². The molecule has 0 aromatic heterocycles. The molecule has 0 spiro atoms. The first-order valence-corrected chi connectivity index (χ1v) is 14.4. The monoisotopic (exact) mass is 560 g/mol. The van der Waals surface area contributed by atoms with Crippen LogP contribution in [0.15, 0.2) is 87.5 Å². The summed E-state index contributed by atoms with van der Waals surface area (Å²) in [5, 5.41) is 4.67. The Labute approximate surface area is 237 Å². The molecule has 34 heavy (non-hydrogen) atoms. The van der Waals surface area contributed by atoms with E-state index in [1.807, 2.05) is 0 Å². The molecule has 1 aliphatic carbocycles. The van der Waals surface area contributed by atoms with E-state index in [1.165, 1.54) is 42.1 Å². The molecule has 0 heterocycles. The van der Waals surface area contributed by atoms with Crippen molar-refractivity contribution >= 4 is 18.4 Å². The van der Waals surface area contributed by atoms with Crippen molar-refractivity contribution in [3.63, 3.8) is 0 Å². The van der Waals surface area contributed by atoms with Gasteiger partial charge in [0.1, 0.15) is 0 Å². The van der Waals surface area contributed by atoms with Crippen LogP contribution in [0.4, 0.5) is 0 Å². The number of benzene rings is 3. The molecular weight excluding hydrogens is 531 g/mol. The van der Waals surface area contributed by atoms with E-state index in [-0.39, 0.29) is 37.2 Å². The minimum absolute atomic E-state index is 0. The summed E-state index contributed by atoms with van der Waals surface area (Å²) in [5.74, 6) is 0. The summed E-state index contributed by atoms with van der Waals surface area (Å²) in [4.78, 5) is 0. The summed E-state index contributed by atoms with van der Waals surface area (Å²) >= 11 is 2.33. The Hall–Kier alpha value is -1.06. The first-order valence-electron chi connectivity index (χ1n) is 11.1. The molecule has 3 aromatic carbocycles. The van der Waals surface area contributed by atoms with Crippen molar-refractivity contribution in [2.75, 3.05) is 0 Å². The van der Waals surface area contributed by atoms with E-state index in [0.717, 1.165) is 12.8 Å². The molecule has 0 aliphatic heterocycles. The molecule has 0 N–H and O–H groups in total.